The number of nitrogens with zero attached hydrogens (tertiary/aromatic N) is 1. The smallest absolute Gasteiger partial charge is 0.241 e. The molecule has 0 aliphatic carbocycles. The highest BCUT2D eigenvalue weighted by Crippen LogP contribution is 2.12. The Kier molecular flexibility index (Phi) is 4.16. The number of likely N-dealkylation sites (N-methyl/N-ethyl adjacent to an activating group) is 1. The topological polar surface area (TPSA) is 32.3 Å². The maximum absolute atomic E-state index is 11.5. The van der Waals surface area contributed by atoms with Gasteiger partial charge in [0.2, 0.25) is 5.91 Å². The van der Waals surface area contributed by atoms with Crippen LogP contribution in [0.4, 0.5) is 5.69 Å². The summed E-state index contributed by atoms with van der Waals surface area (Å²) in [4.78, 5) is 13.2. The molecule has 0 unspecified atom stereocenters. The minimum Gasteiger partial charge on any atom is -0.376 e. The maximum Gasteiger partial charge on any atom is 0.241 e. The van der Waals surface area contributed by atoms with E-state index in [-0.39, 0.29) is 5.91 Å². The molecule has 0 bridgehead atoms. The lowest BCUT2D eigenvalue weighted by molar-refractivity contribution is -0.127. The number of carbonyl (C=O) groups excluding carboxylic acids is 1. The monoisotopic (exact) mass is 206 g/mol. The number of anilines is 1. The minimum absolute atomic E-state index is 0.112. The Hall–Kier alpha value is -1.51. The van der Waals surface area contributed by atoms with Gasteiger partial charge in [-0.2, -0.15) is 0 Å². The van der Waals surface area contributed by atoms with Gasteiger partial charge in [-0.3, -0.25) is 4.79 Å². The van der Waals surface area contributed by atoms with Gasteiger partial charge >= 0.3 is 0 Å². The van der Waals surface area contributed by atoms with Gasteiger partial charge in [-0.05, 0) is 25.5 Å². The summed E-state index contributed by atoms with van der Waals surface area (Å²) in [5, 5.41) is 3.14. The summed E-state index contributed by atoms with van der Waals surface area (Å²) < 4.78 is 0. The highest BCUT2D eigenvalue weighted by Gasteiger charge is 2.05. The molecular formula is C12H18N2O. The number of benzene rings is 1. The molecule has 15 heavy (non-hydrogen) atoms. The summed E-state index contributed by atoms with van der Waals surface area (Å²) in [7, 11) is 1.81. The van der Waals surface area contributed by atoms with Gasteiger partial charge in [0.05, 0.1) is 6.54 Å². The maximum atomic E-state index is 11.5. The first-order valence-corrected chi connectivity index (χ1v) is 5.18. The molecule has 82 valence electrons. The van der Waals surface area contributed by atoms with Crippen molar-refractivity contribution in [3.63, 3.8) is 0 Å². The van der Waals surface area contributed by atoms with Crippen LogP contribution in [-0.2, 0) is 4.79 Å². The molecular weight excluding hydrogens is 188 g/mol. The molecule has 1 aromatic rings. The summed E-state index contributed by atoms with van der Waals surface area (Å²) in [6, 6.07) is 7.95. The quantitative estimate of drug-likeness (QED) is 0.816. The van der Waals surface area contributed by atoms with E-state index < -0.39 is 0 Å². The highest BCUT2D eigenvalue weighted by molar-refractivity contribution is 5.80. The average Bonchev–Trinajstić information content (AvgIpc) is 2.26. The van der Waals surface area contributed by atoms with Crippen molar-refractivity contribution in [2.75, 3.05) is 25.5 Å². The molecule has 1 N–H and O–H groups in total. The predicted octanol–water partition coefficient (Wildman–Crippen LogP) is 1.89. The minimum atomic E-state index is 0.112. The molecule has 0 fully saturated rings. The molecule has 0 radical (unpaired) electrons. The van der Waals surface area contributed by atoms with E-state index in [9.17, 15) is 4.79 Å². The van der Waals surface area contributed by atoms with Gasteiger partial charge in [0, 0.05) is 19.3 Å². The van der Waals surface area contributed by atoms with Crippen molar-refractivity contribution in [3.8, 4) is 0 Å². The first-order chi connectivity index (χ1) is 7.15. The molecule has 0 saturated heterocycles. The molecule has 1 amide bonds. The Morgan fingerprint density at radius 2 is 2.07 bits per heavy atom. The number of hydrogen-bond acceptors (Lipinski definition) is 2. The first kappa shape index (κ1) is 11.6. The van der Waals surface area contributed by atoms with Gasteiger partial charge in [0.25, 0.3) is 0 Å². The van der Waals surface area contributed by atoms with Gasteiger partial charge < -0.3 is 10.2 Å². The van der Waals surface area contributed by atoms with E-state index in [1.165, 1.54) is 0 Å². The van der Waals surface area contributed by atoms with Crippen molar-refractivity contribution in [2.45, 2.75) is 13.8 Å². The number of carbonyl (C=O) groups is 1. The van der Waals surface area contributed by atoms with Crippen LogP contribution >= 0.6 is 0 Å². The molecule has 0 atom stereocenters. The zero-order chi connectivity index (χ0) is 11.3. The standard InChI is InChI=1S/C12H18N2O/c1-4-14(3)12(15)9-13-11-8-6-5-7-10(11)2/h5-8,13H,4,9H2,1-3H3. The largest absolute Gasteiger partial charge is 0.376 e. The third kappa shape index (κ3) is 3.27. The summed E-state index contributed by atoms with van der Waals surface area (Å²) in [5.74, 6) is 0.112. The fraction of sp³-hybridized carbons (Fsp3) is 0.417. The van der Waals surface area contributed by atoms with E-state index >= 15 is 0 Å². The second kappa shape index (κ2) is 5.39. The lowest BCUT2D eigenvalue weighted by atomic mass is 10.2. The molecule has 0 spiro atoms. The van der Waals surface area contributed by atoms with E-state index in [0.717, 1.165) is 17.8 Å². The lowest BCUT2D eigenvalue weighted by Crippen LogP contribution is -2.31. The normalized spacial score (nSPS) is 9.80. The van der Waals surface area contributed by atoms with Gasteiger partial charge in [-0.1, -0.05) is 18.2 Å². The van der Waals surface area contributed by atoms with Gasteiger partial charge in [0.1, 0.15) is 0 Å². The Balaban J connectivity index is 2.51. The number of hydrogen-bond donors (Lipinski definition) is 1. The SMILES string of the molecule is CCN(C)C(=O)CNc1ccccc1C. The van der Waals surface area contributed by atoms with Crippen molar-refractivity contribution in [3.05, 3.63) is 29.8 Å². The van der Waals surface area contributed by atoms with E-state index in [0.29, 0.717) is 6.54 Å². The predicted molar refractivity (Wildman–Crippen MR) is 63.0 cm³/mol. The lowest BCUT2D eigenvalue weighted by Gasteiger charge is -2.15. The number of para-hydroxylation sites is 1. The third-order valence-electron chi connectivity index (χ3n) is 2.48. The molecule has 3 nitrogen and oxygen atoms in total. The van der Waals surface area contributed by atoms with Gasteiger partial charge in [-0.15, -0.1) is 0 Å². The summed E-state index contributed by atoms with van der Waals surface area (Å²) in [6.07, 6.45) is 0. The Morgan fingerprint density at radius 3 is 2.67 bits per heavy atom. The van der Waals surface area contributed by atoms with Crippen molar-refractivity contribution in [2.24, 2.45) is 0 Å². The van der Waals surface area contributed by atoms with Crippen molar-refractivity contribution in [1.29, 1.82) is 0 Å². The van der Waals surface area contributed by atoms with E-state index in [2.05, 4.69) is 5.32 Å². The van der Waals surface area contributed by atoms with Gasteiger partial charge in [-0.25, -0.2) is 0 Å². The molecule has 0 aliphatic rings. The second-order valence-corrected chi connectivity index (χ2v) is 3.58. The molecule has 0 heterocycles. The van der Waals surface area contributed by atoms with Crippen LogP contribution in [0.15, 0.2) is 24.3 Å². The van der Waals surface area contributed by atoms with Crippen LogP contribution in [0.5, 0.6) is 0 Å². The molecule has 0 aromatic heterocycles. The van der Waals surface area contributed by atoms with E-state index in [4.69, 9.17) is 0 Å². The molecule has 0 aliphatic heterocycles. The zero-order valence-corrected chi connectivity index (χ0v) is 9.58. The van der Waals surface area contributed by atoms with Crippen LogP contribution in [-0.4, -0.2) is 30.9 Å². The number of rotatable bonds is 4. The van der Waals surface area contributed by atoms with Crippen LogP contribution < -0.4 is 5.32 Å². The molecule has 0 saturated carbocycles. The van der Waals surface area contributed by atoms with E-state index in [1.807, 2.05) is 45.2 Å². The summed E-state index contributed by atoms with van der Waals surface area (Å²) >= 11 is 0. The van der Waals surface area contributed by atoms with Crippen LogP contribution in [0, 0.1) is 6.92 Å². The van der Waals surface area contributed by atoms with Crippen LogP contribution in [0.2, 0.25) is 0 Å². The summed E-state index contributed by atoms with van der Waals surface area (Å²) in [5.41, 5.74) is 2.18. The Bertz CT molecular complexity index is 336. The highest BCUT2D eigenvalue weighted by atomic mass is 16.2. The van der Waals surface area contributed by atoms with Crippen LogP contribution in [0.3, 0.4) is 0 Å². The van der Waals surface area contributed by atoms with Crippen molar-refractivity contribution >= 4 is 11.6 Å². The second-order valence-electron chi connectivity index (χ2n) is 3.58. The zero-order valence-electron chi connectivity index (χ0n) is 9.58. The van der Waals surface area contributed by atoms with Crippen LogP contribution in [0.25, 0.3) is 0 Å². The number of aryl methyl sites for hydroxylation is 1. The van der Waals surface area contributed by atoms with Crippen molar-refractivity contribution in [1.82, 2.24) is 4.90 Å². The molecule has 1 rings (SSSR count). The fourth-order valence-electron chi connectivity index (χ4n) is 1.25. The summed E-state index contributed by atoms with van der Waals surface area (Å²) in [6.45, 7) is 5.09. The number of nitrogens with one attached hydrogen (secondary N) is 1. The fourth-order valence-corrected chi connectivity index (χ4v) is 1.25. The average molecular weight is 206 g/mol. The van der Waals surface area contributed by atoms with E-state index in [1.54, 1.807) is 4.90 Å². The van der Waals surface area contributed by atoms with Crippen LogP contribution in [0.1, 0.15) is 12.5 Å². The van der Waals surface area contributed by atoms with Gasteiger partial charge in [0.15, 0.2) is 0 Å². The van der Waals surface area contributed by atoms with Crippen molar-refractivity contribution < 1.29 is 4.79 Å². The first-order valence-electron chi connectivity index (χ1n) is 5.18. The Labute approximate surface area is 91.1 Å². The third-order valence-corrected chi connectivity index (χ3v) is 2.48. The molecule has 3 heteroatoms. The number of amides is 1. The Morgan fingerprint density at radius 1 is 1.40 bits per heavy atom. The molecule has 1 aromatic carbocycles.